The Hall–Kier alpha value is -2.09. The molecule has 1 saturated heterocycles. The Morgan fingerprint density at radius 2 is 2.00 bits per heavy atom. The largest absolute Gasteiger partial charge is 0.481 e. The fraction of sp³-hybridized carbons (Fsp3) is 0.500. The lowest BCUT2D eigenvalue weighted by atomic mass is 10.0. The third kappa shape index (κ3) is 3.10. The molecule has 2 aliphatic heterocycles. The normalized spacial score (nSPS) is 20.8. The second kappa shape index (κ2) is 6.08. The number of anilines is 1. The van der Waals surface area contributed by atoms with Crippen molar-refractivity contribution in [2.75, 3.05) is 30.2 Å². The number of carboxylic acids is 1. The molecule has 0 bridgehead atoms. The van der Waals surface area contributed by atoms with Crippen molar-refractivity contribution in [1.82, 2.24) is 4.90 Å². The van der Waals surface area contributed by atoms with Gasteiger partial charge in [0.15, 0.2) is 0 Å². The van der Waals surface area contributed by atoms with Crippen molar-refractivity contribution in [3.63, 3.8) is 0 Å². The molecular formula is C16H20N2O5S. The highest BCUT2D eigenvalue weighted by molar-refractivity contribution is 7.92. The van der Waals surface area contributed by atoms with E-state index in [1.54, 1.807) is 23.1 Å². The molecule has 1 fully saturated rings. The summed E-state index contributed by atoms with van der Waals surface area (Å²) in [5.74, 6) is -1.58. The molecule has 7 nitrogen and oxygen atoms in total. The number of carboxylic acid groups (broad SMARTS) is 1. The highest BCUT2D eigenvalue weighted by Crippen LogP contribution is 2.30. The van der Waals surface area contributed by atoms with E-state index in [1.165, 1.54) is 10.6 Å². The number of fused-ring (bicyclic) bond motifs is 1. The molecule has 24 heavy (non-hydrogen) atoms. The van der Waals surface area contributed by atoms with Crippen LogP contribution in [0.2, 0.25) is 0 Å². The van der Waals surface area contributed by atoms with Crippen LogP contribution in [0.15, 0.2) is 18.2 Å². The molecule has 1 N–H and O–H groups in total. The van der Waals surface area contributed by atoms with Crippen LogP contribution < -0.4 is 4.31 Å². The first-order valence-corrected chi connectivity index (χ1v) is 9.75. The van der Waals surface area contributed by atoms with Crippen LogP contribution in [-0.2, 0) is 21.2 Å². The number of amides is 1. The lowest BCUT2D eigenvalue weighted by Gasteiger charge is -2.29. The van der Waals surface area contributed by atoms with Crippen molar-refractivity contribution in [2.45, 2.75) is 19.3 Å². The summed E-state index contributed by atoms with van der Waals surface area (Å²) < 4.78 is 25.1. The van der Waals surface area contributed by atoms with E-state index in [-0.39, 0.29) is 12.5 Å². The third-order valence-electron chi connectivity index (χ3n) is 4.63. The number of aryl methyl sites for hydroxylation is 1. The van der Waals surface area contributed by atoms with Crippen LogP contribution >= 0.6 is 0 Å². The molecule has 1 atom stereocenters. The van der Waals surface area contributed by atoms with Gasteiger partial charge >= 0.3 is 5.97 Å². The van der Waals surface area contributed by atoms with E-state index in [1.807, 2.05) is 0 Å². The molecule has 1 unspecified atom stereocenters. The molecule has 2 aliphatic rings. The van der Waals surface area contributed by atoms with Gasteiger partial charge in [-0.3, -0.25) is 13.9 Å². The van der Waals surface area contributed by atoms with Crippen LogP contribution in [0.3, 0.4) is 0 Å². The van der Waals surface area contributed by atoms with Crippen molar-refractivity contribution in [2.24, 2.45) is 5.92 Å². The molecule has 1 aromatic rings. The number of likely N-dealkylation sites (tertiary alicyclic amines) is 1. The Bertz CT molecular complexity index is 790. The van der Waals surface area contributed by atoms with Crippen molar-refractivity contribution in [3.05, 3.63) is 29.3 Å². The van der Waals surface area contributed by atoms with Gasteiger partial charge in [0, 0.05) is 25.2 Å². The first-order chi connectivity index (χ1) is 11.3. The molecule has 130 valence electrons. The zero-order chi connectivity index (χ0) is 17.5. The Balaban J connectivity index is 1.84. The number of hydrogen-bond acceptors (Lipinski definition) is 4. The van der Waals surface area contributed by atoms with E-state index in [9.17, 15) is 18.0 Å². The molecule has 0 aromatic heterocycles. The summed E-state index contributed by atoms with van der Waals surface area (Å²) in [7, 11) is -3.33. The number of sulfonamides is 1. The Morgan fingerprint density at radius 1 is 1.25 bits per heavy atom. The van der Waals surface area contributed by atoms with E-state index < -0.39 is 21.9 Å². The predicted octanol–water partition coefficient (Wildman–Crippen LogP) is 0.946. The number of hydrogen-bond donors (Lipinski definition) is 1. The number of nitrogens with zero attached hydrogens (tertiary/aromatic N) is 2. The van der Waals surface area contributed by atoms with Gasteiger partial charge in [-0.15, -0.1) is 0 Å². The Labute approximate surface area is 140 Å². The van der Waals surface area contributed by atoms with Gasteiger partial charge in [0.2, 0.25) is 10.0 Å². The topological polar surface area (TPSA) is 95.0 Å². The van der Waals surface area contributed by atoms with Crippen molar-refractivity contribution >= 4 is 27.6 Å². The quantitative estimate of drug-likeness (QED) is 0.874. The number of benzene rings is 1. The SMILES string of the molecule is CS(=O)(=O)N1CCCc2cc(C(=O)N3CCC(C(=O)O)C3)ccc21. The van der Waals surface area contributed by atoms with Crippen LogP contribution in [0.4, 0.5) is 5.69 Å². The first kappa shape index (κ1) is 16.8. The molecule has 8 heteroatoms. The van der Waals surface area contributed by atoms with E-state index in [4.69, 9.17) is 5.11 Å². The summed E-state index contributed by atoms with van der Waals surface area (Å²) in [6.07, 6.45) is 3.08. The van der Waals surface area contributed by atoms with Crippen molar-refractivity contribution < 1.29 is 23.1 Å². The maximum absolute atomic E-state index is 12.6. The zero-order valence-corrected chi connectivity index (χ0v) is 14.3. The van der Waals surface area contributed by atoms with Crippen LogP contribution in [0, 0.1) is 5.92 Å². The minimum Gasteiger partial charge on any atom is -0.481 e. The molecule has 2 heterocycles. The first-order valence-electron chi connectivity index (χ1n) is 7.90. The molecule has 0 radical (unpaired) electrons. The minimum absolute atomic E-state index is 0.196. The Kier molecular flexibility index (Phi) is 4.25. The monoisotopic (exact) mass is 352 g/mol. The van der Waals surface area contributed by atoms with Gasteiger partial charge in [-0.2, -0.15) is 0 Å². The number of carbonyl (C=O) groups is 2. The van der Waals surface area contributed by atoms with Gasteiger partial charge in [-0.1, -0.05) is 0 Å². The molecule has 0 saturated carbocycles. The van der Waals surface area contributed by atoms with E-state index in [0.29, 0.717) is 37.2 Å². The summed E-state index contributed by atoms with van der Waals surface area (Å²) in [5.41, 5.74) is 1.95. The van der Waals surface area contributed by atoms with Crippen LogP contribution in [0.25, 0.3) is 0 Å². The van der Waals surface area contributed by atoms with Gasteiger partial charge < -0.3 is 10.0 Å². The van der Waals surface area contributed by atoms with Gasteiger partial charge in [-0.05, 0) is 43.0 Å². The standard InChI is InChI=1S/C16H20N2O5S/c1-24(22,23)18-7-2-3-11-9-12(4-5-14(11)18)15(19)17-8-6-13(10-17)16(20)21/h4-5,9,13H,2-3,6-8,10H2,1H3,(H,20,21). The molecule has 1 amide bonds. The molecule has 0 aliphatic carbocycles. The van der Waals surface area contributed by atoms with Crippen LogP contribution in [0.5, 0.6) is 0 Å². The van der Waals surface area contributed by atoms with E-state index in [2.05, 4.69) is 0 Å². The maximum Gasteiger partial charge on any atom is 0.308 e. The smallest absolute Gasteiger partial charge is 0.308 e. The van der Waals surface area contributed by atoms with Crippen molar-refractivity contribution in [3.8, 4) is 0 Å². The van der Waals surface area contributed by atoms with Gasteiger partial charge in [0.1, 0.15) is 0 Å². The third-order valence-corrected chi connectivity index (χ3v) is 5.81. The summed E-state index contributed by atoms with van der Waals surface area (Å²) in [6.45, 7) is 1.11. The van der Waals surface area contributed by atoms with E-state index in [0.717, 1.165) is 12.0 Å². The lowest BCUT2D eigenvalue weighted by molar-refractivity contribution is -0.141. The van der Waals surface area contributed by atoms with Gasteiger partial charge in [0.25, 0.3) is 5.91 Å². The van der Waals surface area contributed by atoms with Crippen LogP contribution in [0.1, 0.15) is 28.8 Å². The van der Waals surface area contributed by atoms with Gasteiger partial charge in [-0.25, -0.2) is 8.42 Å². The fourth-order valence-corrected chi connectivity index (χ4v) is 4.37. The summed E-state index contributed by atoms with van der Waals surface area (Å²) in [4.78, 5) is 25.2. The fourth-order valence-electron chi connectivity index (χ4n) is 3.37. The van der Waals surface area contributed by atoms with Crippen LogP contribution in [-0.4, -0.2) is 56.2 Å². The van der Waals surface area contributed by atoms with E-state index >= 15 is 0 Å². The number of aliphatic carboxylic acids is 1. The summed E-state index contributed by atoms with van der Waals surface area (Å²) in [6, 6.07) is 5.04. The van der Waals surface area contributed by atoms with Gasteiger partial charge in [0.05, 0.1) is 17.9 Å². The number of carbonyl (C=O) groups excluding carboxylic acids is 1. The summed E-state index contributed by atoms with van der Waals surface area (Å²) >= 11 is 0. The second-order valence-electron chi connectivity index (χ2n) is 6.36. The second-order valence-corrected chi connectivity index (χ2v) is 8.26. The maximum atomic E-state index is 12.6. The lowest BCUT2D eigenvalue weighted by Crippen LogP contribution is -2.35. The minimum atomic E-state index is -3.33. The molecule has 0 spiro atoms. The molecule has 3 rings (SSSR count). The molecular weight excluding hydrogens is 332 g/mol. The zero-order valence-electron chi connectivity index (χ0n) is 13.4. The highest BCUT2D eigenvalue weighted by atomic mass is 32.2. The average Bonchev–Trinajstić information content (AvgIpc) is 3.02. The van der Waals surface area contributed by atoms with Crippen molar-refractivity contribution in [1.29, 1.82) is 0 Å². The predicted molar refractivity (Wildman–Crippen MR) is 88.6 cm³/mol. The molecule has 1 aromatic carbocycles. The average molecular weight is 352 g/mol. The number of rotatable bonds is 3. The highest BCUT2D eigenvalue weighted by Gasteiger charge is 2.32. The Morgan fingerprint density at radius 3 is 2.62 bits per heavy atom. The summed E-state index contributed by atoms with van der Waals surface area (Å²) in [5, 5.41) is 9.05.